The lowest BCUT2D eigenvalue weighted by Gasteiger charge is -2.55. The van der Waals surface area contributed by atoms with Crippen molar-refractivity contribution in [2.24, 2.45) is 23.2 Å². The van der Waals surface area contributed by atoms with Gasteiger partial charge in [-0.3, -0.25) is 9.59 Å². The third-order valence-corrected chi connectivity index (χ3v) is 7.44. The number of hydrogen-bond donors (Lipinski definition) is 1. The number of amides is 2. The van der Waals surface area contributed by atoms with Crippen molar-refractivity contribution in [1.82, 2.24) is 5.32 Å². The lowest BCUT2D eigenvalue weighted by atomic mass is 9.49. The zero-order valence-corrected chi connectivity index (χ0v) is 16.7. The predicted molar refractivity (Wildman–Crippen MR) is 107 cm³/mol. The van der Waals surface area contributed by atoms with Gasteiger partial charge < -0.3 is 15.0 Å². The molecule has 1 N–H and O–H groups in total. The number of nitrogens with one attached hydrogen (secondary N) is 1. The first-order chi connectivity index (χ1) is 13.5. The molecule has 4 bridgehead atoms. The molecule has 4 aliphatic carbocycles. The predicted octanol–water partition coefficient (Wildman–Crippen LogP) is 3.52. The van der Waals surface area contributed by atoms with Crippen molar-refractivity contribution in [3.05, 3.63) is 24.3 Å². The number of nitrogens with zero attached hydrogens (tertiary/aromatic N) is 1. The smallest absolute Gasteiger partial charge is 0.229 e. The van der Waals surface area contributed by atoms with E-state index in [-0.39, 0.29) is 23.3 Å². The van der Waals surface area contributed by atoms with Crippen LogP contribution in [0.1, 0.15) is 51.9 Å². The summed E-state index contributed by atoms with van der Waals surface area (Å²) in [6.45, 7) is 3.14. The van der Waals surface area contributed by atoms with E-state index in [1.165, 1.54) is 19.3 Å². The summed E-state index contributed by atoms with van der Waals surface area (Å²) in [5, 5.41) is 3.27. The van der Waals surface area contributed by atoms with Crippen LogP contribution in [0.3, 0.4) is 0 Å². The molecule has 1 saturated heterocycles. The lowest BCUT2D eigenvalue weighted by Crippen LogP contribution is -2.55. The van der Waals surface area contributed by atoms with Crippen molar-refractivity contribution in [1.29, 1.82) is 0 Å². The third kappa shape index (κ3) is 3.09. The van der Waals surface area contributed by atoms with Gasteiger partial charge in [0.1, 0.15) is 5.75 Å². The molecular weight excluding hydrogens is 352 g/mol. The molecule has 1 aromatic rings. The highest BCUT2D eigenvalue weighted by Gasteiger charge is 2.55. The number of ether oxygens (including phenoxy) is 1. The minimum absolute atomic E-state index is 0.0833. The average Bonchev–Trinajstić information content (AvgIpc) is 3.02. The van der Waals surface area contributed by atoms with Crippen LogP contribution in [0.5, 0.6) is 5.75 Å². The van der Waals surface area contributed by atoms with E-state index in [1.807, 2.05) is 31.2 Å². The molecular formula is C23H30N2O3. The topological polar surface area (TPSA) is 58.6 Å². The first-order valence-corrected chi connectivity index (χ1v) is 10.9. The number of carbonyl (C=O) groups excluding carboxylic acids is 2. The van der Waals surface area contributed by atoms with E-state index in [1.54, 1.807) is 4.90 Å². The zero-order valence-electron chi connectivity index (χ0n) is 16.7. The van der Waals surface area contributed by atoms with E-state index in [2.05, 4.69) is 5.32 Å². The molecule has 5 nitrogen and oxygen atoms in total. The molecule has 1 aromatic carbocycles. The van der Waals surface area contributed by atoms with Gasteiger partial charge in [-0.15, -0.1) is 0 Å². The Kier molecular flexibility index (Phi) is 4.37. The Morgan fingerprint density at radius 2 is 1.71 bits per heavy atom. The van der Waals surface area contributed by atoms with Crippen LogP contribution in [-0.4, -0.2) is 31.0 Å². The maximum Gasteiger partial charge on any atom is 0.229 e. The third-order valence-electron chi connectivity index (χ3n) is 7.44. The molecule has 5 fully saturated rings. The molecule has 5 aliphatic rings. The van der Waals surface area contributed by atoms with Crippen molar-refractivity contribution in [3.63, 3.8) is 0 Å². The lowest BCUT2D eigenvalue weighted by molar-refractivity contribution is -0.146. The second kappa shape index (κ2) is 6.78. The Morgan fingerprint density at radius 1 is 1.11 bits per heavy atom. The van der Waals surface area contributed by atoms with Gasteiger partial charge in [0, 0.05) is 24.1 Å². The fraction of sp³-hybridized carbons (Fsp3) is 0.652. The van der Waals surface area contributed by atoms with Gasteiger partial charge in [0.25, 0.3) is 0 Å². The second-order valence-electron chi connectivity index (χ2n) is 9.50. The summed E-state index contributed by atoms with van der Waals surface area (Å²) in [5.74, 6) is 3.37. The molecule has 0 unspecified atom stereocenters. The Hall–Kier alpha value is -2.04. The van der Waals surface area contributed by atoms with Crippen molar-refractivity contribution < 1.29 is 14.3 Å². The Bertz CT molecular complexity index is 737. The molecule has 1 aliphatic heterocycles. The fourth-order valence-corrected chi connectivity index (χ4v) is 6.67. The normalized spacial score (nSPS) is 36.0. The number of benzene rings is 1. The van der Waals surface area contributed by atoms with Crippen LogP contribution in [0.2, 0.25) is 0 Å². The minimum atomic E-state index is -0.148. The van der Waals surface area contributed by atoms with Crippen LogP contribution in [0.15, 0.2) is 24.3 Å². The van der Waals surface area contributed by atoms with Crippen molar-refractivity contribution in [2.45, 2.75) is 57.9 Å². The first-order valence-electron chi connectivity index (χ1n) is 10.9. The van der Waals surface area contributed by atoms with Gasteiger partial charge in [0.05, 0.1) is 12.6 Å². The minimum Gasteiger partial charge on any atom is -0.494 e. The summed E-state index contributed by atoms with van der Waals surface area (Å²) < 4.78 is 5.48. The molecule has 0 radical (unpaired) electrons. The average molecular weight is 383 g/mol. The number of carbonyl (C=O) groups is 2. The maximum absolute atomic E-state index is 13.3. The van der Waals surface area contributed by atoms with Crippen LogP contribution < -0.4 is 15.0 Å². The summed E-state index contributed by atoms with van der Waals surface area (Å²) in [4.78, 5) is 27.6. The molecule has 5 heteroatoms. The summed E-state index contributed by atoms with van der Waals surface area (Å²) in [6.07, 6.45) is 7.58. The highest BCUT2D eigenvalue weighted by molar-refractivity contribution is 5.97. The molecule has 28 heavy (non-hydrogen) atoms. The number of anilines is 1. The molecule has 0 aromatic heterocycles. The highest BCUT2D eigenvalue weighted by Crippen LogP contribution is 2.60. The molecule has 1 atom stereocenters. The summed E-state index contributed by atoms with van der Waals surface area (Å²) in [5.41, 5.74) is 0.727. The van der Waals surface area contributed by atoms with Gasteiger partial charge in [-0.25, -0.2) is 0 Å². The van der Waals surface area contributed by atoms with Gasteiger partial charge in [-0.2, -0.15) is 0 Å². The quantitative estimate of drug-likeness (QED) is 0.848. The van der Waals surface area contributed by atoms with Crippen LogP contribution in [-0.2, 0) is 9.59 Å². The van der Waals surface area contributed by atoms with Gasteiger partial charge in [0.15, 0.2) is 0 Å². The first kappa shape index (κ1) is 18.0. The van der Waals surface area contributed by atoms with Crippen molar-refractivity contribution in [3.8, 4) is 5.75 Å². The maximum atomic E-state index is 13.3. The highest BCUT2D eigenvalue weighted by atomic mass is 16.5. The van der Waals surface area contributed by atoms with E-state index in [0.29, 0.717) is 19.6 Å². The number of hydrogen-bond acceptors (Lipinski definition) is 3. The Morgan fingerprint density at radius 3 is 2.29 bits per heavy atom. The SMILES string of the molecule is CCOc1ccc(N2C[C@H](NC(=O)C34CC5CC(CC(C5)C3)C4)CC2=O)cc1. The van der Waals surface area contributed by atoms with Crippen LogP contribution in [0, 0.1) is 23.2 Å². The fourth-order valence-electron chi connectivity index (χ4n) is 6.67. The van der Waals surface area contributed by atoms with Crippen LogP contribution in [0.4, 0.5) is 5.69 Å². The number of rotatable bonds is 5. The van der Waals surface area contributed by atoms with E-state index in [4.69, 9.17) is 4.74 Å². The standard InChI is InChI=1S/C23H30N2O3/c1-2-28-20-5-3-19(4-6-20)25-14-18(10-21(25)26)24-22(27)23-11-15-7-16(12-23)9-17(8-15)13-23/h3-6,15-18H,2,7-14H2,1H3,(H,24,27)/t15?,16?,17?,18-,23?/m1/s1. The summed E-state index contributed by atoms with van der Waals surface area (Å²) in [7, 11) is 0. The van der Waals surface area contributed by atoms with Gasteiger partial charge in [0.2, 0.25) is 11.8 Å². The van der Waals surface area contributed by atoms with Gasteiger partial charge in [-0.05, 0) is 87.5 Å². The van der Waals surface area contributed by atoms with E-state index in [9.17, 15) is 9.59 Å². The molecule has 4 saturated carbocycles. The van der Waals surface area contributed by atoms with E-state index in [0.717, 1.165) is 48.5 Å². The molecule has 150 valence electrons. The van der Waals surface area contributed by atoms with Crippen molar-refractivity contribution in [2.75, 3.05) is 18.1 Å². The second-order valence-corrected chi connectivity index (χ2v) is 9.50. The Labute approximate surface area is 166 Å². The van der Waals surface area contributed by atoms with Gasteiger partial charge >= 0.3 is 0 Å². The Balaban J connectivity index is 1.24. The van der Waals surface area contributed by atoms with E-state index >= 15 is 0 Å². The molecule has 1 heterocycles. The monoisotopic (exact) mass is 382 g/mol. The molecule has 2 amide bonds. The summed E-state index contributed by atoms with van der Waals surface area (Å²) >= 11 is 0. The largest absolute Gasteiger partial charge is 0.494 e. The van der Waals surface area contributed by atoms with Crippen LogP contribution >= 0.6 is 0 Å². The zero-order chi connectivity index (χ0) is 19.3. The molecule has 0 spiro atoms. The van der Waals surface area contributed by atoms with Gasteiger partial charge in [-0.1, -0.05) is 0 Å². The van der Waals surface area contributed by atoms with Crippen LogP contribution in [0.25, 0.3) is 0 Å². The summed E-state index contributed by atoms with van der Waals surface area (Å²) in [6, 6.07) is 7.55. The van der Waals surface area contributed by atoms with Crippen molar-refractivity contribution >= 4 is 17.5 Å². The molecule has 6 rings (SSSR count). The van der Waals surface area contributed by atoms with E-state index < -0.39 is 0 Å².